The van der Waals surface area contributed by atoms with E-state index >= 15 is 0 Å². The van der Waals surface area contributed by atoms with Crippen LogP contribution in [0, 0.1) is 6.92 Å². The van der Waals surface area contributed by atoms with Crippen molar-refractivity contribution in [3.05, 3.63) is 75.8 Å². The average molecular weight is 361 g/mol. The minimum absolute atomic E-state index is 0.267. The Hall–Kier alpha value is -2.37. The van der Waals surface area contributed by atoms with E-state index in [0.29, 0.717) is 22.3 Å². The molecule has 0 aliphatic rings. The maximum absolute atomic E-state index is 12.2. The summed E-state index contributed by atoms with van der Waals surface area (Å²) in [6.45, 7) is 2.25. The fourth-order valence-corrected chi connectivity index (χ4v) is 2.47. The fraction of sp³-hybridized carbons (Fsp3) is 0.118. The highest BCUT2D eigenvalue weighted by atomic mass is 35.5. The molecule has 0 aliphatic heterocycles. The number of amides is 1. The minimum Gasteiger partial charge on any atom is -0.345 e. The van der Waals surface area contributed by atoms with Gasteiger partial charge in [-0.25, -0.2) is 4.68 Å². The molecule has 0 unspecified atom stereocenters. The van der Waals surface area contributed by atoms with Crippen LogP contribution in [0.15, 0.2) is 48.7 Å². The van der Waals surface area contributed by atoms with Gasteiger partial charge >= 0.3 is 0 Å². The van der Waals surface area contributed by atoms with Crippen LogP contribution in [0.5, 0.6) is 0 Å². The molecule has 24 heavy (non-hydrogen) atoms. The normalized spacial score (nSPS) is 10.6. The SMILES string of the molecule is Cc1cccc(CNC(=O)c2ccn(-c3ccc(Cl)c(Cl)c3)n2)n1. The van der Waals surface area contributed by atoms with E-state index in [2.05, 4.69) is 15.4 Å². The van der Waals surface area contributed by atoms with Crippen LogP contribution in [-0.2, 0) is 6.54 Å². The highest BCUT2D eigenvalue weighted by Crippen LogP contribution is 2.24. The highest BCUT2D eigenvalue weighted by molar-refractivity contribution is 6.42. The number of carbonyl (C=O) groups excluding carboxylic acids is 1. The summed E-state index contributed by atoms with van der Waals surface area (Å²) in [6.07, 6.45) is 1.69. The quantitative estimate of drug-likeness (QED) is 0.769. The van der Waals surface area contributed by atoms with E-state index in [4.69, 9.17) is 23.2 Å². The number of hydrogen-bond donors (Lipinski definition) is 1. The van der Waals surface area contributed by atoms with Crippen LogP contribution in [0.4, 0.5) is 0 Å². The second-order valence-electron chi connectivity index (χ2n) is 5.20. The van der Waals surface area contributed by atoms with Crippen LogP contribution in [0.2, 0.25) is 10.0 Å². The third kappa shape index (κ3) is 3.75. The number of hydrogen-bond acceptors (Lipinski definition) is 3. The van der Waals surface area contributed by atoms with Crippen LogP contribution in [0.25, 0.3) is 5.69 Å². The van der Waals surface area contributed by atoms with Crippen LogP contribution in [0.1, 0.15) is 21.9 Å². The maximum atomic E-state index is 12.2. The van der Waals surface area contributed by atoms with Gasteiger partial charge < -0.3 is 5.32 Å². The molecule has 2 heterocycles. The molecule has 3 rings (SSSR count). The van der Waals surface area contributed by atoms with Gasteiger partial charge in [-0.05, 0) is 43.3 Å². The van der Waals surface area contributed by atoms with E-state index in [1.165, 1.54) is 0 Å². The van der Waals surface area contributed by atoms with Gasteiger partial charge in [-0.3, -0.25) is 9.78 Å². The van der Waals surface area contributed by atoms with E-state index in [0.717, 1.165) is 17.1 Å². The van der Waals surface area contributed by atoms with Crippen molar-refractivity contribution in [2.75, 3.05) is 0 Å². The minimum atomic E-state index is -0.267. The molecule has 0 bridgehead atoms. The number of aryl methyl sites for hydroxylation is 1. The topological polar surface area (TPSA) is 59.8 Å². The molecule has 0 fully saturated rings. The molecule has 2 aromatic heterocycles. The number of benzene rings is 1. The zero-order valence-corrected chi connectivity index (χ0v) is 14.3. The Labute approximate surface area is 149 Å². The van der Waals surface area contributed by atoms with E-state index in [-0.39, 0.29) is 5.91 Å². The summed E-state index contributed by atoms with van der Waals surface area (Å²) in [5, 5.41) is 7.97. The lowest BCUT2D eigenvalue weighted by Crippen LogP contribution is -2.24. The molecule has 7 heteroatoms. The van der Waals surface area contributed by atoms with Gasteiger partial charge in [-0.2, -0.15) is 5.10 Å². The molecule has 0 atom stereocenters. The number of pyridine rings is 1. The Bertz CT molecular complexity index is 892. The van der Waals surface area contributed by atoms with Gasteiger partial charge in [0.05, 0.1) is 28.0 Å². The smallest absolute Gasteiger partial charge is 0.272 e. The Kier molecular flexibility index (Phi) is 4.83. The summed E-state index contributed by atoms with van der Waals surface area (Å²) in [6, 6.07) is 12.5. The molecular weight excluding hydrogens is 347 g/mol. The van der Waals surface area contributed by atoms with Crippen LogP contribution < -0.4 is 5.32 Å². The van der Waals surface area contributed by atoms with E-state index in [9.17, 15) is 4.79 Å². The Morgan fingerprint density at radius 2 is 2.00 bits per heavy atom. The van der Waals surface area contributed by atoms with E-state index < -0.39 is 0 Å². The van der Waals surface area contributed by atoms with Gasteiger partial charge in [0.25, 0.3) is 5.91 Å². The highest BCUT2D eigenvalue weighted by Gasteiger charge is 2.11. The molecule has 3 aromatic rings. The predicted octanol–water partition coefficient (Wildman–Crippen LogP) is 3.81. The first-order valence-electron chi connectivity index (χ1n) is 7.25. The third-order valence-corrected chi connectivity index (χ3v) is 4.10. The maximum Gasteiger partial charge on any atom is 0.272 e. The number of rotatable bonds is 4. The largest absolute Gasteiger partial charge is 0.345 e. The molecule has 0 aliphatic carbocycles. The van der Waals surface area contributed by atoms with Gasteiger partial charge in [0.1, 0.15) is 0 Å². The summed E-state index contributed by atoms with van der Waals surface area (Å²) >= 11 is 11.9. The van der Waals surface area contributed by atoms with Crippen LogP contribution in [0.3, 0.4) is 0 Å². The molecule has 0 saturated carbocycles. The van der Waals surface area contributed by atoms with Gasteiger partial charge in [0.15, 0.2) is 5.69 Å². The van der Waals surface area contributed by atoms with Gasteiger partial charge in [0.2, 0.25) is 0 Å². The van der Waals surface area contributed by atoms with Crippen molar-refractivity contribution < 1.29 is 4.79 Å². The molecule has 1 amide bonds. The fourth-order valence-electron chi connectivity index (χ4n) is 2.18. The number of halogens is 2. The second-order valence-corrected chi connectivity index (χ2v) is 6.01. The molecule has 122 valence electrons. The molecule has 0 saturated heterocycles. The molecule has 0 spiro atoms. The van der Waals surface area contributed by atoms with Crippen molar-refractivity contribution in [2.45, 2.75) is 13.5 Å². The molecular formula is C17H14Cl2N4O. The first kappa shape index (κ1) is 16.5. The van der Waals surface area contributed by atoms with Crippen LogP contribution >= 0.6 is 23.2 Å². The lowest BCUT2D eigenvalue weighted by molar-refractivity contribution is 0.0945. The van der Waals surface area contributed by atoms with Gasteiger partial charge in [0, 0.05) is 11.9 Å². The summed E-state index contributed by atoms with van der Waals surface area (Å²) < 4.78 is 1.57. The van der Waals surface area contributed by atoms with Crippen molar-refractivity contribution in [1.82, 2.24) is 20.1 Å². The second kappa shape index (κ2) is 7.03. The zero-order valence-electron chi connectivity index (χ0n) is 12.8. The number of aromatic nitrogens is 3. The molecule has 1 aromatic carbocycles. The standard InChI is InChI=1S/C17H14Cl2N4O/c1-11-3-2-4-12(21-11)10-20-17(24)16-7-8-23(22-16)13-5-6-14(18)15(19)9-13/h2-9H,10H2,1H3,(H,20,24). The van der Waals surface area contributed by atoms with E-state index in [1.807, 2.05) is 25.1 Å². The summed E-state index contributed by atoms with van der Waals surface area (Å²) in [5.74, 6) is -0.267. The number of carbonyl (C=O) groups is 1. The molecule has 5 nitrogen and oxygen atoms in total. The van der Waals surface area contributed by atoms with Crippen molar-refractivity contribution in [2.24, 2.45) is 0 Å². The summed E-state index contributed by atoms with van der Waals surface area (Å²) in [4.78, 5) is 16.5. The summed E-state index contributed by atoms with van der Waals surface area (Å²) in [5.41, 5.74) is 2.75. The Morgan fingerprint density at radius 1 is 1.17 bits per heavy atom. The van der Waals surface area contributed by atoms with Crippen molar-refractivity contribution in [1.29, 1.82) is 0 Å². The van der Waals surface area contributed by atoms with E-state index in [1.54, 1.807) is 35.1 Å². The van der Waals surface area contributed by atoms with Crippen molar-refractivity contribution >= 4 is 29.1 Å². The van der Waals surface area contributed by atoms with Crippen LogP contribution in [-0.4, -0.2) is 20.7 Å². The predicted molar refractivity (Wildman–Crippen MR) is 93.7 cm³/mol. The first-order chi connectivity index (χ1) is 11.5. The van der Waals surface area contributed by atoms with Crippen molar-refractivity contribution in [3.8, 4) is 5.69 Å². The number of nitrogens with zero attached hydrogens (tertiary/aromatic N) is 3. The van der Waals surface area contributed by atoms with Gasteiger partial charge in [-0.15, -0.1) is 0 Å². The zero-order chi connectivity index (χ0) is 17.1. The average Bonchev–Trinajstić information content (AvgIpc) is 3.05. The number of nitrogens with one attached hydrogen (secondary N) is 1. The van der Waals surface area contributed by atoms with Crippen molar-refractivity contribution in [3.63, 3.8) is 0 Å². The molecule has 1 N–H and O–H groups in total. The molecule has 0 radical (unpaired) electrons. The Balaban J connectivity index is 1.70. The Morgan fingerprint density at radius 3 is 2.75 bits per heavy atom. The third-order valence-electron chi connectivity index (χ3n) is 3.37. The monoisotopic (exact) mass is 360 g/mol. The summed E-state index contributed by atoms with van der Waals surface area (Å²) in [7, 11) is 0. The first-order valence-corrected chi connectivity index (χ1v) is 8.00. The lowest BCUT2D eigenvalue weighted by Gasteiger charge is -2.04. The van der Waals surface area contributed by atoms with Gasteiger partial charge in [-0.1, -0.05) is 29.3 Å². The lowest BCUT2D eigenvalue weighted by atomic mass is 10.3.